The van der Waals surface area contributed by atoms with Crippen molar-refractivity contribution in [2.75, 3.05) is 5.32 Å². The first-order valence-electron chi connectivity index (χ1n) is 11.5. The summed E-state index contributed by atoms with van der Waals surface area (Å²) >= 11 is 9.34. The fraction of sp³-hybridized carbons (Fsp3) is 0.0667. The van der Waals surface area contributed by atoms with Crippen LogP contribution in [0.15, 0.2) is 106 Å². The van der Waals surface area contributed by atoms with E-state index in [1.165, 1.54) is 6.08 Å². The highest BCUT2D eigenvalue weighted by molar-refractivity contribution is 14.1. The summed E-state index contributed by atoms with van der Waals surface area (Å²) in [6.45, 7) is 0.861. The summed E-state index contributed by atoms with van der Waals surface area (Å²) in [4.78, 5) is 12.8. The molecule has 5 nitrogen and oxygen atoms in total. The Bertz CT molecular complexity index is 1460. The molecule has 0 fully saturated rings. The summed E-state index contributed by atoms with van der Waals surface area (Å²) in [5, 5.41) is 12.4. The van der Waals surface area contributed by atoms with Crippen LogP contribution in [0, 0.1) is 14.9 Å². The number of benzene rings is 4. The van der Waals surface area contributed by atoms with Gasteiger partial charge in [0.05, 0.1) is 8.95 Å². The van der Waals surface area contributed by atoms with Crippen molar-refractivity contribution in [1.82, 2.24) is 0 Å². The molecule has 0 atom stereocenters. The lowest BCUT2D eigenvalue weighted by Gasteiger charge is -2.12. The minimum Gasteiger partial charge on any atom is -0.489 e. The highest BCUT2D eigenvalue weighted by Gasteiger charge is 2.13. The van der Waals surface area contributed by atoms with Gasteiger partial charge in [-0.25, -0.2) is 0 Å². The van der Waals surface area contributed by atoms with Crippen LogP contribution in [0.5, 0.6) is 11.5 Å². The molecule has 0 bridgehead atoms. The van der Waals surface area contributed by atoms with Gasteiger partial charge in [-0.05, 0) is 126 Å². The fourth-order valence-electron chi connectivity index (χ4n) is 3.43. The third-order valence-corrected chi connectivity index (χ3v) is 7.25. The van der Waals surface area contributed by atoms with Crippen molar-refractivity contribution in [2.24, 2.45) is 0 Å². The van der Waals surface area contributed by atoms with Crippen molar-refractivity contribution in [3.05, 3.63) is 126 Å². The first-order chi connectivity index (χ1) is 18.4. The molecule has 1 N–H and O–H groups in total. The Hall–Kier alpha value is -3.13. The highest BCUT2D eigenvalue weighted by atomic mass is 127. The van der Waals surface area contributed by atoms with E-state index in [1.54, 1.807) is 36.4 Å². The molecule has 0 saturated carbocycles. The molecule has 0 unspecified atom stereocenters. The van der Waals surface area contributed by atoms with E-state index in [0.717, 1.165) is 14.7 Å². The molecule has 0 radical (unpaired) electrons. The summed E-state index contributed by atoms with van der Waals surface area (Å²) in [5.41, 5.74) is 3.32. The van der Waals surface area contributed by atoms with Crippen LogP contribution in [0.3, 0.4) is 0 Å². The van der Waals surface area contributed by atoms with Gasteiger partial charge < -0.3 is 14.8 Å². The predicted octanol–water partition coefficient (Wildman–Crippen LogP) is 8.52. The van der Waals surface area contributed by atoms with Crippen molar-refractivity contribution in [2.45, 2.75) is 13.2 Å². The number of hydrogen-bond acceptors (Lipinski definition) is 4. The van der Waals surface area contributed by atoms with Crippen LogP contribution in [-0.4, -0.2) is 5.91 Å². The minimum atomic E-state index is -0.503. The summed E-state index contributed by atoms with van der Waals surface area (Å²) < 4.78 is 14.3. The molecule has 0 aliphatic heterocycles. The molecule has 0 heterocycles. The van der Waals surface area contributed by atoms with Crippen LogP contribution in [0.2, 0.25) is 0 Å². The van der Waals surface area contributed by atoms with Gasteiger partial charge in [-0.2, -0.15) is 5.26 Å². The van der Waals surface area contributed by atoms with E-state index in [2.05, 4.69) is 59.8 Å². The van der Waals surface area contributed by atoms with E-state index in [-0.39, 0.29) is 5.57 Å². The summed E-state index contributed by atoms with van der Waals surface area (Å²) in [6, 6.07) is 30.6. The highest BCUT2D eigenvalue weighted by Crippen LogP contribution is 2.36. The average Bonchev–Trinajstić information content (AvgIpc) is 2.92. The Morgan fingerprint density at radius 3 is 2.11 bits per heavy atom. The molecule has 4 aromatic rings. The lowest BCUT2D eigenvalue weighted by molar-refractivity contribution is -0.112. The van der Waals surface area contributed by atoms with Gasteiger partial charge in [0.25, 0.3) is 5.91 Å². The maximum absolute atomic E-state index is 12.8. The van der Waals surface area contributed by atoms with Gasteiger partial charge >= 0.3 is 0 Å². The van der Waals surface area contributed by atoms with Crippen LogP contribution in [0.4, 0.5) is 5.69 Å². The first-order valence-corrected chi connectivity index (χ1v) is 14.1. The number of rotatable bonds is 9. The third kappa shape index (κ3) is 7.93. The number of nitriles is 1. The number of carbonyl (C=O) groups excluding carboxylic acids is 1. The number of hydrogen-bond donors (Lipinski definition) is 1. The second-order valence-electron chi connectivity index (χ2n) is 8.15. The van der Waals surface area contributed by atoms with Crippen molar-refractivity contribution in [3.8, 4) is 17.6 Å². The number of anilines is 1. The smallest absolute Gasteiger partial charge is 0.266 e. The van der Waals surface area contributed by atoms with Gasteiger partial charge in [-0.3, -0.25) is 4.79 Å². The molecule has 1 amide bonds. The van der Waals surface area contributed by atoms with E-state index in [9.17, 15) is 10.1 Å². The fourth-order valence-corrected chi connectivity index (χ4v) is 5.24. The molecule has 4 aromatic carbocycles. The van der Waals surface area contributed by atoms with Gasteiger partial charge in [0.1, 0.15) is 36.4 Å². The predicted molar refractivity (Wildman–Crippen MR) is 165 cm³/mol. The lowest BCUT2D eigenvalue weighted by atomic mass is 10.1. The van der Waals surface area contributed by atoms with Crippen molar-refractivity contribution < 1.29 is 14.3 Å². The quantitative estimate of drug-likeness (QED) is 0.106. The van der Waals surface area contributed by atoms with E-state index >= 15 is 0 Å². The number of halogens is 3. The normalized spacial score (nSPS) is 10.9. The van der Waals surface area contributed by atoms with Crippen molar-refractivity contribution in [1.29, 1.82) is 5.26 Å². The van der Waals surface area contributed by atoms with E-state index < -0.39 is 5.91 Å². The Morgan fingerprint density at radius 1 is 0.868 bits per heavy atom. The van der Waals surface area contributed by atoms with Crippen LogP contribution in [0.25, 0.3) is 6.08 Å². The maximum Gasteiger partial charge on any atom is 0.266 e. The van der Waals surface area contributed by atoms with E-state index in [0.29, 0.717) is 44.9 Å². The van der Waals surface area contributed by atoms with Crippen LogP contribution in [0.1, 0.15) is 16.7 Å². The summed E-state index contributed by atoms with van der Waals surface area (Å²) in [7, 11) is 0. The molecule has 190 valence electrons. The molecular formula is C30H21Br2IN2O3. The first kappa shape index (κ1) is 27.9. The van der Waals surface area contributed by atoms with Crippen molar-refractivity contribution >= 4 is 72.1 Å². The molecule has 8 heteroatoms. The zero-order valence-corrected chi connectivity index (χ0v) is 25.3. The molecule has 0 aliphatic rings. The number of nitrogens with zero attached hydrogens (tertiary/aromatic N) is 1. The Kier molecular flexibility index (Phi) is 9.98. The van der Waals surface area contributed by atoms with Gasteiger partial charge in [-0.15, -0.1) is 0 Å². The van der Waals surface area contributed by atoms with Crippen LogP contribution >= 0.6 is 54.5 Å². The minimum absolute atomic E-state index is 0.0271. The molecule has 0 aliphatic carbocycles. The molecule has 0 aromatic heterocycles. The number of nitrogens with one attached hydrogen (secondary N) is 1. The lowest BCUT2D eigenvalue weighted by Crippen LogP contribution is -2.13. The number of carbonyl (C=O) groups is 1. The van der Waals surface area contributed by atoms with Gasteiger partial charge in [0.15, 0.2) is 0 Å². The molecule has 4 rings (SSSR count). The van der Waals surface area contributed by atoms with Gasteiger partial charge in [0, 0.05) is 9.26 Å². The maximum atomic E-state index is 12.8. The largest absolute Gasteiger partial charge is 0.489 e. The monoisotopic (exact) mass is 742 g/mol. The molecule has 38 heavy (non-hydrogen) atoms. The van der Waals surface area contributed by atoms with Crippen LogP contribution in [-0.2, 0) is 18.0 Å². The number of ether oxygens (including phenoxy) is 2. The van der Waals surface area contributed by atoms with Crippen LogP contribution < -0.4 is 14.8 Å². The standard InChI is InChI=1S/C30H21Br2IN2O3/c31-27-15-22(16-28(32)29(27)38-19-21-6-8-24(33)9-7-21)14-23(17-34)30(36)35-25-10-12-26(13-11-25)37-18-20-4-2-1-3-5-20/h1-16H,18-19H2,(H,35,36)/b23-14+. The van der Waals surface area contributed by atoms with Gasteiger partial charge in [0.2, 0.25) is 0 Å². The molecular weight excluding hydrogens is 723 g/mol. The van der Waals surface area contributed by atoms with E-state index in [1.807, 2.05) is 60.7 Å². The van der Waals surface area contributed by atoms with Crippen molar-refractivity contribution in [3.63, 3.8) is 0 Å². The van der Waals surface area contributed by atoms with E-state index in [4.69, 9.17) is 9.47 Å². The SMILES string of the molecule is N#C/C(=C\c1cc(Br)c(OCc2ccc(I)cc2)c(Br)c1)C(=O)Nc1ccc(OCc2ccccc2)cc1. The topological polar surface area (TPSA) is 71.3 Å². The molecule has 0 saturated heterocycles. The Balaban J connectivity index is 1.39. The zero-order chi connectivity index (χ0) is 26.9. The summed E-state index contributed by atoms with van der Waals surface area (Å²) in [6.07, 6.45) is 1.53. The summed E-state index contributed by atoms with van der Waals surface area (Å²) in [5.74, 6) is 0.817. The second kappa shape index (κ2) is 13.6. The Labute approximate surface area is 251 Å². The average molecular weight is 744 g/mol. The molecule has 0 spiro atoms. The van der Waals surface area contributed by atoms with Gasteiger partial charge in [-0.1, -0.05) is 42.5 Å². The zero-order valence-electron chi connectivity index (χ0n) is 20.0. The second-order valence-corrected chi connectivity index (χ2v) is 11.1. The third-order valence-electron chi connectivity index (χ3n) is 5.35. The number of amides is 1. The Morgan fingerprint density at radius 2 is 1.47 bits per heavy atom.